The number of aliphatic hydroxyl groups is 1. The lowest BCUT2D eigenvalue weighted by molar-refractivity contribution is -0.116. The fourth-order valence-corrected chi connectivity index (χ4v) is 4.24. The van der Waals surface area contributed by atoms with Gasteiger partial charge in [0.2, 0.25) is 0 Å². The molecule has 2 aliphatic rings. The zero-order chi connectivity index (χ0) is 18.9. The molecular formula is C20H26ClNO4. The van der Waals surface area contributed by atoms with E-state index < -0.39 is 5.54 Å². The number of aryl methyl sites for hydroxylation is 1. The highest BCUT2D eigenvalue weighted by atomic mass is 35.5. The number of aliphatic hydroxyl groups excluding tert-OH is 1. The van der Waals surface area contributed by atoms with Gasteiger partial charge in [0.15, 0.2) is 0 Å². The number of ether oxygens (including phenoxy) is 2. The van der Waals surface area contributed by atoms with E-state index in [9.17, 15) is 9.90 Å². The van der Waals surface area contributed by atoms with Gasteiger partial charge >= 0.3 is 0 Å². The minimum atomic E-state index is -0.725. The molecule has 1 amide bonds. The molecular weight excluding hydrogens is 354 g/mol. The number of hydrogen-bond donors (Lipinski definition) is 2. The minimum absolute atomic E-state index is 0.0733. The number of carbonyl (C=O) groups excluding carboxylic acids is 1. The van der Waals surface area contributed by atoms with Crippen molar-refractivity contribution in [3.63, 3.8) is 0 Å². The van der Waals surface area contributed by atoms with Gasteiger partial charge in [0.1, 0.15) is 11.5 Å². The van der Waals surface area contributed by atoms with Crippen molar-refractivity contribution in [2.24, 2.45) is 0 Å². The molecule has 1 aromatic carbocycles. The van der Waals surface area contributed by atoms with Crippen LogP contribution in [0.5, 0.6) is 5.75 Å². The van der Waals surface area contributed by atoms with E-state index in [-0.39, 0.29) is 23.3 Å². The van der Waals surface area contributed by atoms with Crippen LogP contribution in [-0.4, -0.2) is 36.4 Å². The molecule has 6 heteroatoms. The lowest BCUT2D eigenvalue weighted by Gasteiger charge is -2.36. The third-order valence-corrected chi connectivity index (χ3v) is 5.60. The van der Waals surface area contributed by atoms with E-state index in [1.54, 1.807) is 13.2 Å². The maximum atomic E-state index is 12.8. The van der Waals surface area contributed by atoms with Gasteiger partial charge in [-0.25, -0.2) is 0 Å². The van der Waals surface area contributed by atoms with Gasteiger partial charge in [-0.15, -0.1) is 0 Å². The van der Waals surface area contributed by atoms with Crippen molar-refractivity contribution in [1.82, 2.24) is 5.32 Å². The molecule has 0 unspecified atom stereocenters. The molecule has 0 atom stereocenters. The van der Waals surface area contributed by atoms with Crippen molar-refractivity contribution in [2.75, 3.05) is 13.7 Å². The molecule has 142 valence electrons. The average Bonchev–Trinajstić information content (AvgIpc) is 2.84. The lowest BCUT2D eigenvalue weighted by atomic mass is 9.79. The lowest BCUT2D eigenvalue weighted by Crippen LogP contribution is -2.48. The number of nitrogens with one attached hydrogen (secondary N) is 1. The Labute approximate surface area is 159 Å². The van der Waals surface area contributed by atoms with Crippen molar-refractivity contribution < 1.29 is 19.4 Å². The van der Waals surface area contributed by atoms with Crippen molar-refractivity contribution >= 4 is 23.1 Å². The number of rotatable bonds is 5. The van der Waals surface area contributed by atoms with Gasteiger partial charge in [-0.1, -0.05) is 18.5 Å². The second kappa shape index (κ2) is 7.49. The minimum Gasteiger partial charge on any atom is -0.509 e. The quantitative estimate of drug-likeness (QED) is 0.805. The molecule has 1 aromatic rings. The van der Waals surface area contributed by atoms with Crippen molar-refractivity contribution in [3.8, 4) is 5.75 Å². The molecule has 3 rings (SSSR count). The first-order valence-corrected chi connectivity index (χ1v) is 9.52. The standard InChI is InChI=1S/C20H26ClNO4/c1-4-9-26-15-11-12(2)10-14(21)16(15)17-18(23)20(22-19(17)24)7-5-13(25-3)6-8-20/h10-11,13,23H,4-9H2,1-3H3,(H,22,24). The molecule has 2 N–H and O–H groups in total. The third-order valence-electron chi connectivity index (χ3n) is 5.30. The smallest absolute Gasteiger partial charge is 0.256 e. The maximum Gasteiger partial charge on any atom is 0.256 e. The van der Waals surface area contributed by atoms with Crippen LogP contribution in [0.15, 0.2) is 17.9 Å². The van der Waals surface area contributed by atoms with Crippen molar-refractivity contribution in [3.05, 3.63) is 34.0 Å². The van der Waals surface area contributed by atoms with Gasteiger partial charge in [-0.3, -0.25) is 4.79 Å². The average molecular weight is 380 g/mol. The Morgan fingerprint density at radius 3 is 2.65 bits per heavy atom. The molecule has 0 radical (unpaired) electrons. The normalized spacial score (nSPS) is 25.7. The molecule has 0 saturated heterocycles. The van der Waals surface area contributed by atoms with Gasteiger partial charge in [0.25, 0.3) is 5.91 Å². The molecule has 5 nitrogen and oxygen atoms in total. The first-order chi connectivity index (χ1) is 12.4. The fourth-order valence-electron chi connectivity index (χ4n) is 3.88. The van der Waals surface area contributed by atoms with E-state index in [4.69, 9.17) is 21.1 Å². The first-order valence-electron chi connectivity index (χ1n) is 9.14. The van der Waals surface area contributed by atoms with E-state index in [0.29, 0.717) is 35.8 Å². The summed E-state index contributed by atoms with van der Waals surface area (Å²) in [5.74, 6) is 0.311. The summed E-state index contributed by atoms with van der Waals surface area (Å²) in [6.45, 7) is 4.45. The van der Waals surface area contributed by atoms with E-state index in [1.165, 1.54) is 0 Å². The molecule has 1 aliphatic heterocycles. The number of amides is 1. The highest BCUT2D eigenvalue weighted by Gasteiger charge is 2.48. The van der Waals surface area contributed by atoms with Crippen LogP contribution < -0.4 is 10.1 Å². The summed E-state index contributed by atoms with van der Waals surface area (Å²) in [5.41, 5.74) is 0.930. The van der Waals surface area contributed by atoms with Gasteiger partial charge in [-0.05, 0) is 56.7 Å². The van der Waals surface area contributed by atoms with Crippen LogP contribution in [-0.2, 0) is 9.53 Å². The Hall–Kier alpha value is -1.72. The SMILES string of the molecule is CCCOc1cc(C)cc(Cl)c1C1=C(O)C2(CCC(OC)CC2)NC1=O. The zero-order valence-corrected chi connectivity index (χ0v) is 16.3. The number of benzene rings is 1. The monoisotopic (exact) mass is 379 g/mol. The van der Waals surface area contributed by atoms with Crippen LogP contribution in [0.25, 0.3) is 5.57 Å². The summed E-state index contributed by atoms with van der Waals surface area (Å²) in [6, 6.07) is 3.65. The second-order valence-electron chi connectivity index (χ2n) is 7.16. The number of carbonyl (C=O) groups is 1. The van der Waals surface area contributed by atoms with Crippen LogP contribution in [0.3, 0.4) is 0 Å². The summed E-state index contributed by atoms with van der Waals surface area (Å²) in [4.78, 5) is 12.8. The molecule has 0 aromatic heterocycles. The molecule has 1 saturated carbocycles. The second-order valence-corrected chi connectivity index (χ2v) is 7.57. The Bertz CT molecular complexity index is 736. The summed E-state index contributed by atoms with van der Waals surface area (Å²) in [6.07, 6.45) is 3.86. The van der Waals surface area contributed by atoms with E-state index >= 15 is 0 Å². The van der Waals surface area contributed by atoms with Crippen LogP contribution in [0.4, 0.5) is 0 Å². The highest BCUT2D eigenvalue weighted by molar-refractivity contribution is 6.36. The molecule has 0 bridgehead atoms. The molecule has 1 aliphatic carbocycles. The number of halogens is 1. The van der Waals surface area contributed by atoms with Crippen LogP contribution in [0.2, 0.25) is 5.02 Å². The summed E-state index contributed by atoms with van der Waals surface area (Å²) in [5, 5.41) is 14.4. The maximum absolute atomic E-state index is 12.8. The van der Waals surface area contributed by atoms with Gasteiger partial charge in [-0.2, -0.15) is 0 Å². The third kappa shape index (κ3) is 3.30. The Balaban J connectivity index is 2.04. The van der Waals surface area contributed by atoms with Crippen molar-refractivity contribution in [1.29, 1.82) is 0 Å². The van der Waals surface area contributed by atoms with E-state index in [0.717, 1.165) is 24.8 Å². The summed E-state index contributed by atoms with van der Waals surface area (Å²) < 4.78 is 11.2. The predicted molar refractivity (Wildman–Crippen MR) is 102 cm³/mol. The number of hydrogen-bond acceptors (Lipinski definition) is 4. The molecule has 1 fully saturated rings. The predicted octanol–water partition coefficient (Wildman–Crippen LogP) is 4.16. The Kier molecular flexibility index (Phi) is 5.49. The van der Waals surface area contributed by atoms with E-state index in [2.05, 4.69) is 5.32 Å². The fraction of sp³-hybridized carbons (Fsp3) is 0.550. The first kappa shape index (κ1) is 19.1. The van der Waals surface area contributed by atoms with Gasteiger partial charge < -0.3 is 19.9 Å². The largest absolute Gasteiger partial charge is 0.509 e. The summed E-state index contributed by atoms with van der Waals surface area (Å²) >= 11 is 6.47. The van der Waals surface area contributed by atoms with Crippen LogP contribution >= 0.6 is 11.6 Å². The van der Waals surface area contributed by atoms with Crippen LogP contribution in [0.1, 0.15) is 50.2 Å². The van der Waals surface area contributed by atoms with Crippen molar-refractivity contribution in [2.45, 2.75) is 57.6 Å². The highest BCUT2D eigenvalue weighted by Crippen LogP contribution is 2.45. The number of methoxy groups -OCH3 is 1. The topological polar surface area (TPSA) is 67.8 Å². The summed E-state index contributed by atoms with van der Waals surface area (Å²) in [7, 11) is 1.69. The molecule has 26 heavy (non-hydrogen) atoms. The zero-order valence-electron chi connectivity index (χ0n) is 15.5. The molecule has 1 heterocycles. The Morgan fingerprint density at radius 1 is 1.35 bits per heavy atom. The van der Waals surface area contributed by atoms with Gasteiger partial charge in [0, 0.05) is 7.11 Å². The van der Waals surface area contributed by atoms with Crippen LogP contribution in [0, 0.1) is 6.92 Å². The van der Waals surface area contributed by atoms with E-state index in [1.807, 2.05) is 19.9 Å². The molecule has 1 spiro atoms. The van der Waals surface area contributed by atoms with Gasteiger partial charge in [0.05, 0.1) is 34.4 Å². The Morgan fingerprint density at radius 2 is 2.04 bits per heavy atom.